The third-order valence-electron chi connectivity index (χ3n) is 4.82. The van der Waals surface area contributed by atoms with E-state index in [4.69, 9.17) is 4.98 Å². The number of aromatic nitrogens is 1. The molecular formula is C23H26N4O3S. The number of nitro groups is 1. The number of rotatable bonds is 8. The number of hydrogen-bond donors (Lipinski definition) is 0. The summed E-state index contributed by atoms with van der Waals surface area (Å²) < 4.78 is 1.09. The zero-order valence-electron chi connectivity index (χ0n) is 18.2. The molecule has 1 heterocycles. The fourth-order valence-corrected chi connectivity index (χ4v) is 4.34. The minimum Gasteiger partial charge on any atom is -0.309 e. The van der Waals surface area contributed by atoms with Crippen LogP contribution in [0.5, 0.6) is 0 Å². The number of thiazole rings is 1. The van der Waals surface area contributed by atoms with Crippen molar-refractivity contribution in [2.45, 2.75) is 20.3 Å². The van der Waals surface area contributed by atoms with Crippen LogP contribution in [0.4, 0.5) is 10.8 Å². The Bertz CT molecular complexity index is 1120. The van der Waals surface area contributed by atoms with E-state index in [-0.39, 0.29) is 11.6 Å². The largest absolute Gasteiger partial charge is 0.309 e. The van der Waals surface area contributed by atoms with Crippen LogP contribution in [0.2, 0.25) is 0 Å². The van der Waals surface area contributed by atoms with E-state index in [1.54, 1.807) is 23.1 Å². The van der Waals surface area contributed by atoms with E-state index >= 15 is 0 Å². The number of nitrogens with zero attached hydrogens (tertiary/aromatic N) is 4. The van der Waals surface area contributed by atoms with Gasteiger partial charge >= 0.3 is 0 Å². The van der Waals surface area contributed by atoms with Crippen molar-refractivity contribution in [1.82, 2.24) is 9.88 Å². The molecule has 0 aliphatic heterocycles. The molecule has 8 heteroatoms. The first kappa shape index (κ1) is 22.6. The Kier molecular flexibility index (Phi) is 7.14. The molecular weight excluding hydrogens is 412 g/mol. The number of non-ortho nitro benzene ring substituents is 1. The third-order valence-corrected chi connectivity index (χ3v) is 6.04. The molecule has 7 nitrogen and oxygen atoms in total. The molecule has 0 unspecified atom stereocenters. The molecule has 0 radical (unpaired) electrons. The van der Waals surface area contributed by atoms with Crippen LogP contribution in [0.25, 0.3) is 16.3 Å². The summed E-state index contributed by atoms with van der Waals surface area (Å²) in [5.74, 6) is -0.162. The average Bonchev–Trinajstić information content (AvgIpc) is 3.13. The quantitative estimate of drug-likeness (QED) is 0.286. The Morgan fingerprint density at radius 2 is 1.87 bits per heavy atom. The highest BCUT2D eigenvalue weighted by Crippen LogP contribution is 2.32. The van der Waals surface area contributed by atoms with Crippen LogP contribution in [0.1, 0.15) is 23.1 Å². The van der Waals surface area contributed by atoms with Gasteiger partial charge in [-0.05, 0) is 81.9 Å². The first-order chi connectivity index (χ1) is 14.7. The lowest BCUT2D eigenvalue weighted by Gasteiger charge is -2.19. The van der Waals surface area contributed by atoms with Crippen LogP contribution in [0, 0.1) is 24.0 Å². The second kappa shape index (κ2) is 9.80. The fraction of sp³-hybridized carbons (Fsp3) is 0.304. The molecule has 3 rings (SSSR count). The number of benzene rings is 2. The molecule has 162 valence electrons. The normalized spacial score (nSPS) is 11.5. The van der Waals surface area contributed by atoms with E-state index in [1.807, 2.05) is 27.1 Å². The van der Waals surface area contributed by atoms with E-state index in [1.165, 1.54) is 29.5 Å². The van der Waals surface area contributed by atoms with Crippen molar-refractivity contribution in [1.29, 1.82) is 0 Å². The van der Waals surface area contributed by atoms with Crippen LogP contribution in [0.15, 0.2) is 42.5 Å². The standard InChI is InChI=1S/C23H26N4O3S/c1-16-14-17(2)22-20(15-16)24-23(31-22)26(13-5-12-25(3)4)21(28)11-8-18-6-9-19(10-7-18)27(29)30/h6-11,14-15H,5,12-13H2,1-4H3/b11-8-. The van der Waals surface area contributed by atoms with Gasteiger partial charge in [-0.1, -0.05) is 17.4 Å². The molecule has 0 fully saturated rings. The lowest BCUT2D eigenvalue weighted by molar-refractivity contribution is -0.384. The maximum atomic E-state index is 13.1. The molecule has 1 aromatic heterocycles. The maximum absolute atomic E-state index is 13.1. The number of amides is 1. The van der Waals surface area contributed by atoms with Crippen molar-refractivity contribution in [3.05, 3.63) is 69.3 Å². The van der Waals surface area contributed by atoms with Crippen molar-refractivity contribution < 1.29 is 9.72 Å². The number of carbonyl (C=O) groups is 1. The Morgan fingerprint density at radius 3 is 2.52 bits per heavy atom. The van der Waals surface area contributed by atoms with E-state index in [9.17, 15) is 14.9 Å². The number of anilines is 1. The van der Waals surface area contributed by atoms with Gasteiger partial charge in [0.25, 0.3) is 11.6 Å². The smallest absolute Gasteiger partial charge is 0.269 e. The first-order valence-corrected chi connectivity index (χ1v) is 10.8. The first-order valence-electron chi connectivity index (χ1n) is 10.0. The molecule has 0 saturated heterocycles. The van der Waals surface area contributed by atoms with Crippen molar-refractivity contribution >= 4 is 44.4 Å². The predicted molar refractivity (Wildman–Crippen MR) is 127 cm³/mol. The second-order valence-electron chi connectivity index (χ2n) is 7.76. The predicted octanol–water partition coefficient (Wildman–Crippen LogP) is 4.82. The molecule has 0 bridgehead atoms. The summed E-state index contributed by atoms with van der Waals surface area (Å²) in [6.07, 6.45) is 3.99. The van der Waals surface area contributed by atoms with Gasteiger partial charge < -0.3 is 4.90 Å². The summed E-state index contributed by atoms with van der Waals surface area (Å²) in [5, 5.41) is 11.5. The molecule has 0 aliphatic carbocycles. The van der Waals surface area contributed by atoms with Crippen LogP contribution >= 0.6 is 11.3 Å². The van der Waals surface area contributed by atoms with Crippen LogP contribution < -0.4 is 4.90 Å². The maximum Gasteiger partial charge on any atom is 0.269 e. The summed E-state index contributed by atoms with van der Waals surface area (Å²) in [6.45, 7) is 5.51. The van der Waals surface area contributed by atoms with Gasteiger partial charge in [-0.15, -0.1) is 0 Å². The number of hydrogen-bond acceptors (Lipinski definition) is 6. The van der Waals surface area contributed by atoms with E-state index in [2.05, 4.69) is 17.9 Å². The molecule has 31 heavy (non-hydrogen) atoms. The molecule has 0 spiro atoms. The van der Waals surface area contributed by atoms with E-state index in [0.29, 0.717) is 11.7 Å². The Balaban J connectivity index is 1.86. The van der Waals surface area contributed by atoms with Crippen molar-refractivity contribution in [3.8, 4) is 0 Å². The molecule has 0 atom stereocenters. The van der Waals surface area contributed by atoms with Crippen LogP contribution in [-0.4, -0.2) is 47.9 Å². The van der Waals surface area contributed by atoms with Crippen molar-refractivity contribution in [3.63, 3.8) is 0 Å². The molecule has 0 saturated carbocycles. The van der Waals surface area contributed by atoms with Crippen molar-refractivity contribution in [2.24, 2.45) is 0 Å². The highest BCUT2D eigenvalue weighted by molar-refractivity contribution is 7.22. The zero-order chi connectivity index (χ0) is 22.5. The SMILES string of the molecule is Cc1cc(C)c2sc(N(CCCN(C)C)C(=O)/C=C\c3ccc([N+](=O)[O-])cc3)nc2c1. The summed E-state index contributed by atoms with van der Waals surface area (Å²) >= 11 is 1.53. The van der Waals surface area contributed by atoms with Gasteiger partial charge in [0.05, 0.1) is 15.1 Å². The molecule has 0 N–H and O–H groups in total. The van der Waals surface area contributed by atoms with Gasteiger partial charge in [-0.25, -0.2) is 4.98 Å². The van der Waals surface area contributed by atoms with E-state index < -0.39 is 4.92 Å². The van der Waals surface area contributed by atoms with Gasteiger partial charge in [-0.2, -0.15) is 0 Å². The summed E-state index contributed by atoms with van der Waals surface area (Å²) in [4.78, 5) is 32.0. The number of nitro benzene ring substituents is 1. The number of fused-ring (bicyclic) bond motifs is 1. The highest BCUT2D eigenvalue weighted by atomic mass is 32.1. The summed E-state index contributed by atoms with van der Waals surface area (Å²) in [6, 6.07) is 10.3. The lowest BCUT2D eigenvalue weighted by Crippen LogP contribution is -2.32. The summed E-state index contributed by atoms with van der Waals surface area (Å²) in [7, 11) is 4.01. The topological polar surface area (TPSA) is 79.6 Å². The van der Waals surface area contributed by atoms with Crippen LogP contribution in [0.3, 0.4) is 0 Å². The molecule has 0 aliphatic rings. The molecule has 2 aromatic carbocycles. The van der Waals surface area contributed by atoms with Crippen LogP contribution in [-0.2, 0) is 4.79 Å². The zero-order valence-corrected chi connectivity index (χ0v) is 19.0. The second-order valence-corrected chi connectivity index (χ2v) is 8.73. The monoisotopic (exact) mass is 438 g/mol. The number of carbonyl (C=O) groups excluding carboxylic acids is 1. The minimum atomic E-state index is -0.442. The Morgan fingerprint density at radius 1 is 1.16 bits per heavy atom. The van der Waals surface area contributed by atoms with Gasteiger partial charge in [0, 0.05) is 24.8 Å². The lowest BCUT2D eigenvalue weighted by atomic mass is 10.1. The number of aryl methyl sites for hydroxylation is 2. The van der Waals surface area contributed by atoms with Gasteiger partial charge in [0.15, 0.2) is 5.13 Å². The van der Waals surface area contributed by atoms with E-state index in [0.717, 1.165) is 39.9 Å². The molecule has 1 amide bonds. The van der Waals surface area contributed by atoms with Crippen molar-refractivity contribution in [2.75, 3.05) is 32.1 Å². The molecule has 3 aromatic rings. The Hall–Kier alpha value is -3.10. The minimum absolute atomic E-state index is 0.0222. The fourth-order valence-electron chi connectivity index (χ4n) is 3.29. The Labute approximate surface area is 185 Å². The summed E-state index contributed by atoms with van der Waals surface area (Å²) in [5.41, 5.74) is 3.95. The van der Waals surface area contributed by atoms with Gasteiger partial charge in [0.2, 0.25) is 0 Å². The van der Waals surface area contributed by atoms with Gasteiger partial charge in [-0.3, -0.25) is 19.8 Å². The third kappa shape index (κ3) is 5.74. The average molecular weight is 439 g/mol. The van der Waals surface area contributed by atoms with Gasteiger partial charge in [0.1, 0.15) is 0 Å². The highest BCUT2D eigenvalue weighted by Gasteiger charge is 2.18.